The van der Waals surface area contributed by atoms with Crippen LogP contribution in [0.4, 0.5) is 0 Å². The SMILES string of the molecule is CC1CCCCC1(O)OOC1(O)CCCCC1C. The zero-order valence-electron chi connectivity index (χ0n) is 11.5. The molecule has 2 rings (SSSR count). The predicted molar refractivity (Wildman–Crippen MR) is 67.3 cm³/mol. The van der Waals surface area contributed by atoms with E-state index in [0.29, 0.717) is 12.8 Å². The second kappa shape index (κ2) is 5.45. The lowest BCUT2D eigenvalue weighted by atomic mass is 9.84. The van der Waals surface area contributed by atoms with E-state index in [1.54, 1.807) is 0 Å². The highest BCUT2D eigenvalue weighted by molar-refractivity contribution is 4.81. The summed E-state index contributed by atoms with van der Waals surface area (Å²) in [4.78, 5) is 10.6. The second-order valence-corrected chi connectivity index (χ2v) is 6.15. The highest BCUT2D eigenvalue weighted by Crippen LogP contribution is 2.39. The molecule has 0 aliphatic heterocycles. The van der Waals surface area contributed by atoms with Crippen molar-refractivity contribution in [2.45, 2.75) is 76.8 Å². The fraction of sp³-hybridized carbons (Fsp3) is 1.00. The van der Waals surface area contributed by atoms with Gasteiger partial charge < -0.3 is 10.2 Å². The molecule has 0 radical (unpaired) electrons. The van der Waals surface area contributed by atoms with Gasteiger partial charge in [-0.3, -0.25) is 0 Å². The van der Waals surface area contributed by atoms with E-state index in [2.05, 4.69) is 0 Å². The first-order valence-corrected chi connectivity index (χ1v) is 7.28. The maximum atomic E-state index is 10.4. The van der Waals surface area contributed by atoms with Gasteiger partial charge in [0.05, 0.1) is 0 Å². The van der Waals surface area contributed by atoms with Crippen molar-refractivity contribution in [2.24, 2.45) is 11.8 Å². The van der Waals surface area contributed by atoms with E-state index in [-0.39, 0.29) is 11.8 Å². The fourth-order valence-corrected chi connectivity index (χ4v) is 2.99. The molecule has 0 aromatic rings. The standard InChI is InChI=1S/C14H26O4/c1-11-7-3-5-9-13(11,15)17-18-14(16)10-6-4-8-12(14)2/h11-12,15-16H,3-10H2,1-2H3. The molecule has 106 valence electrons. The molecule has 0 amide bonds. The van der Waals surface area contributed by atoms with Crippen LogP contribution in [0.1, 0.15) is 65.2 Å². The summed E-state index contributed by atoms with van der Waals surface area (Å²) in [5.41, 5.74) is 0. The number of aliphatic hydroxyl groups is 2. The monoisotopic (exact) mass is 258 g/mol. The Morgan fingerprint density at radius 2 is 1.17 bits per heavy atom. The van der Waals surface area contributed by atoms with Gasteiger partial charge in [0.1, 0.15) is 0 Å². The van der Waals surface area contributed by atoms with Gasteiger partial charge in [-0.2, -0.15) is 9.78 Å². The van der Waals surface area contributed by atoms with Crippen LogP contribution in [0.15, 0.2) is 0 Å². The Bertz CT molecular complexity index is 255. The van der Waals surface area contributed by atoms with E-state index in [0.717, 1.165) is 38.5 Å². The largest absolute Gasteiger partial charge is 0.363 e. The normalized spacial score (nSPS) is 46.0. The van der Waals surface area contributed by atoms with E-state index in [1.165, 1.54) is 0 Å². The van der Waals surface area contributed by atoms with Crippen LogP contribution in [0, 0.1) is 11.8 Å². The minimum atomic E-state index is -1.23. The molecule has 0 spiro atoms. The maximum absolute atomic E-state index is 10.4. The molecular formula is C14H26O4. The van der Waals surface area contributed by atoms with Gasteiger partial charge in [-0.15, -0.1) is 0 Å². The molecule has 2 saturated carbocycles. The predicted octanol–water partition coefficient (Wildman–Crippen LogP) is 2.73. The van der Waals surface area contributed by atoms with Crippen molar-refractivity contribution < 1.29 is 20.0 Å². The molecule has 0 heterocycles. The average molecular weight is 258 g/mol. The molecular weight excluding hydrogens is 232 g/mol. The van der Waals surface area contributed by atoms with Gasteiger partial charge in [-0.25, -0.2) is 0 Å². The highest BCUT2D eigenvalue weighted by Gasteiger charge is 2.44. The zero-order valence-corrected chi connectivity index (χ0v) is 11.5. The molecule has 2 aliphatic rings. The molecule has 2 N–H and O–H groups in total. The first-order valence-electron chi connectivity index (χ1n) is 7.28. The van der Waals surface area contributed by atoms with Crippen molar-refractivity contribution in [3.05, 3.63) is 0 Å². The third-order valence-electron chi connectivity index (χ3n) is 4.71. The van der Waals surface area contributed by atoms with Crippen molar-refractivity contribution >= 4 is 0 Å². The van der Waals surface area contributed by atoms with Gasteiger partial charge in [0.25, 0.3) is 0 Å². The van der Waals surface area contributed by atoms with Crippen LogP contribution in [0.2, 0.25) is 0 Å². The summed E-state index contributed by atoms with van der Waals surface area (Å²) >= 11 is 0. The second-order valence-electron chi connectivity index (χ2n) is 6.15. The molecule has 4 unspecified atom stereocenters. The summed E-state index contributed by atoms with van der Waals surface area (Å²) in [6.45, 7) is 3.94. The van der Waals surface area contributed by atoms with Crippen molar-refractivity contribution in [1.82, 2.24) is 0 Å². The maximum Gasteiger partial charge on any atom is 0.201 e. The Morgan fingerprint density at radius 1 is 0.778 bits per heavy atom. The van der Waals surface area contributed by atoms with Crippen LogP contribution < -0.4 is 0 Å². The summed E-state index contributed by atoms with van der Waals surface area (Å²) in [6.07, 6.45) is 7.16. The highest BCUT2D eigenvalue weighted by atomic mass is 17.2. The minimum absolute atomic E-state index is 0.0498. The Kier molecular flexibility index (Phi) is 4.32. The minimum Gasteiger partial charge on any atom is -0.363 e. The van der Waals surface area contributed by atoms with Crippen LogP contribution in [0.5, 0.6) is 0 Å². The first-order chi connectivity index (χ1) is 8.46. The van der Waals surface area contributed by atoms with E-state index >= 15 is 0 Å². The van der Waals surface area contributed by atoms with Gasteiger partial charge >= 0.3 is 0 Å². The topological polar surface area (TPSA) is 58.9 Å². The summed E-state index contributed by atoms with van der Waals surface area (Å²) in [7, 11) is 0. The summed E-state index contributed by atoms with van der Waals surface area (Å²) in [5.74, 6) is -2.36. The molecule has 0 aromatic heterocycles. The summed E-state index contributed by atoms with van der Waals surface area (Å²) in [6, 6.07) is 0. The molecule has 2 fully saturated rings. The Labute approximate surface area is 109 Å². The molecule has 4 heteroatoms. The van der Waals surface area contributed by atoms with Gasteiger partial charge in [0.15, 0.2) is 0 Å². The van der Waals surface area contributed by atoms with Gasteiger partial charge in [-0.1, -0.05) is 26.7 Å². The average Bonchev–Trinajstić information content (AvgIpc) is 2.35. The summed E-state index contributed by atoms with van der Waals surface area (Å²) < 4.78 is 0. The molecule has 0 bridgehead atoms. The van der Waals surface area contributed by atoms with Gasteiger partial charge in [0, 0.05) is 24.7 Å². The third-order valence-corrected chi connectivity index (χ3v) is 4.71. The quantitative estimate of drug-likeness (QED) is 0.464. The summed E-state index contributed by atoms with van der Waals surface area (Å²) in [5, 5.41) is 20.8. The van der Waals surface area contributed by atoms with Crippen LogP contribution in [-0.4, -0.2) is 21.8 Å². The van der Waals surface area contributed by atoms with Crippen molar-refractivity contribution in [2.75, 3.05) is 0 Å². The Balaban J connectivity index is 1.93. The van der Waals surface area contributed by atoms with Gasteiger partial charge in [0.2, 0.25) is 11.6 Å². The molecule has 2 aliphatic carbocycles. The number of rotatable bonds is 3. The number of hydrogen-bond acceptors (Lipinski definition) is 4. The van der Waals surface area contributed by atoms with E-state index in [1.807, 2.05) is 13.8 Å². The van der Waals surface area contributed by atoms with Crippen molar-refractivity contribution in [1.29, 1.82) is 0 Å². The molecule has 0 aromatic carbocycles. The molecule has 4 nitrogen and oxygen atoms in total. The van der Waals surface area contributed by atoms with Crippen LogP contribution >= 0.6 is 0 Å². The lowest BCUT2D eigenvalue weighted by Gasteiger charge is -2.41. The first kappa shape index (κ1) is 14.3. The fourth-order valence-electron chi connectivity index (χ4n) is 2.99. The lowest BCUT2D eigenvalue weighted by molar-refractivity contribution is -0.516. The van der Waals surface area contributed by atoms with Crippen molar-refractivity contribution in [3.8, 4) is 0 Å². The molecule has 18 heavy (non-hydrogen) atoms. The van der Waals surface area contributed by atoms with E-state index in [4.69, 9.17) is 9.78 Å². The smallest absolute Gasteiger partial charge is 0.201 e. The van der Waals surface area contributed by atoms with Gasteiger partial charge in [-0.05, 0) is 25.7 Å². The van der Waals surface area contributed by atoms with E-state index in [9.17, 15) is 10.2 Å². The van der Waals surface area contributed by atoms with E-state index < -0.39 is 11.6 Å². The molecule has 0 saturated heterocycles. The Hall–Kier alpha value is -0.160. The molecule has 4 atom stereocenters. The lowest BCUT2D eigenvalue weighted by Crippen LogP contribution is -2.48. The third kappa shape index (κ3) is 2.87. The Morgan fingerprint density at radius 3 is 1.50 bits per heavy atom. The van der Waals surface area contributed by atoms with Crippen LogP contribution in [0.25, 0.3) is 0 Å². The number of hydrogen-bond donors (Lipinski definition) is 2. The van der Waals surface area contributed by atoms with Crippen molar-refractivity contribution in [3.63, 3.8) is 0 Å². The van der Waals surface area contributed by atoms with Crippen LogP contribution in [-0.2, 0) is 9.78 Å². The zero-order chi connectivity index (χ0) is 13.2. The van der Waals surface area contributed by atoms with Crippen LogP contribution in [0.3, 0.4) is 0 Å².